The lowest BCUT2D eigenvalue weighted by Gasteiger charge is -2.09. The summed E-state index contributed by atoms with van der Waals surface area (Å²) in [5.74, 6) is -0.577. The largest absolute Gasteiger partial charge is 0.489 e. The lowest BCUT2D eigenvalue weighted by molar-refractivity contribution is -0.137. The lowest BCUT2D eigenvalue weighted by Crippen LogP contribution is -2.29. The van der Waals surface area contributed by atoms with Crippen LogP contribution in [0.2, 0.25) is 0 Å². The van der Waals surface area contributed by atoms with Crippen LogP contribution in [0.4, 0.5) is 0 Å². The highest BCUT2D eigenvalue weighted by atomic mass is 16.5. The molecule has 1 heterocycles. The van der Waals surface area contributed by atoms with Crippen LogP contribution in [-0.2, 0) is 22.7 Å². The van der Waals surface area contributed by atoms with Crippen molar-refractivity contribution in [3.05, 3.63) is 66.4 Å². The lowest BCUT2D eigenvalue weighted by atomic mass is 10.2. The molecule has 1 aromatic heterocycles. The topological polar surface area (TPSA) is 80.6 Å². The van der Waals surface area contributed by atoms with E-state index >= 15 is 0 Å². The number of aryl methyl sites for hydroxylation is 1. The van der Waals surface area contributed by atoms with Gasteiger partial charge in [0, 0.05) is 25.2 Å². The summed E-state index contributed by atoms with van der Waals surface area (Å²) in [5, 5.41) is 12.0. The number of nitrogens with one attached hydrogen (secondary N) is 1. The van der Waals surface area contributed by atoms with Crippen LogP contribution in [0.5, 0.6) is 5.75 Å². The first-order valence-electron chi connectivity index (χ1n) is 8.36. The smallest absolute Gasteiger partial charge is 0.322 e. The maximum absolute atomic E-state index is 11.7. The SMILES string of the molecule is O=C(O)CNC(=O)CCn1ccc2ccc(OCc3ccccc3)cc21. The van der Waals surface area contributed by atoms with Crippen LogP contribution < -0.4 is 10.1 Å². The van der Waals surface area contributed by atoms with Gasteiger partial charge in [0.2, 0.25) is 5.91 Å². The molecule has 0 unspecified atom stereocenters. The minimum Gasteiger partial charge on any atom is -0.489 e. The molecule has 0 spiro atoms. The molecule has 2 aromatic carbocycles. The zero-order valence-corrected chi connectivity index (χ0v) is 14.2. The van der Waals surface area contributed by atoms with Gasteiger partial charge in [0.05, 0.1) is 5.52 Å². The molecule has 6 heteroatoms. The van der Waals surface area contributed by atoms with E-state index in [1.54, 1.807) is 0 Å². The second kappa shape index (κ2) is 8.20. The van der Waals surface area contributed by atoms with Gasteiger partial charge in [0.15, 0.2) is 0 Å². The molecule has 0 aliphatic carbocycles. The summed E-state index contributed by atoms with van der Waals surface area (Å²) in [7, 11) is 0. The summed E-state index contributed by atoms with van der Waals surface area (Å²) in [6.45, 7) is 0.602. The highest BCUT2D eigenvalue weighted by molar-refractivity contribution is 5.83. The first kappa shape index (κ1) is 17.5. The van der Waals surface area contributed by atoms with E-state index in [2.05, 4.69) is 5.32 Å². The summed E-state index contributed by atoms with van der Waals surface area (Å²) in [5.41, 5.74) is 2.07. The average molecular weight is 352 g/mol. The molecule has 0 aliphatic heterocycles. The maximum atomic E-state index is 11.7. The minimum absolute atomic E-state index is 0.214. The molecule has 0 radical (unpaired) electrons. The monoisotopic (exact) mass is 352 g/mol. The summed E-state index contributed by atoms with van der Waals surface area (Å²) >= 11 is 0. The molecular weight excluding hydrogens is 332 g/mol. The molecule has 0 saturated heterocycles. The number of fused-ring (bicyclic) bond motifs is 1. The third kappa shape index (κ3) is 4.63. The van der Waals surface area contributed by atoms with Gasteiger partial charge in [-0.1, -0.05) is 30.3 Å². The van der Waals surface area contributed by atoms with Crippen LogP contribution in [0.3, 0.4) is 0 Å². The van der Waals surface area contributed by atoms with Gasteiger partial charge < -0.3 is 19.7 Å². The zero-order valence-electron chi connectivity index (χ0n) is 14.2. The van der Waals surface area contributed by atoms with E-state index in [1.807, 2.05) is 65.4 Å². The second-order valence-electron chi connectivity index (χ2n) is 5.92. The van der Waals surface area contributed by atoms with E-state index in [0.29, 0.717) is 13.2 Å². The molecule has 0 aliphatic rings. The van der Waals surface area contributed by atoms with Gasteiger partial charge in [-0.25, -0.2) is 0 Å². The third-order valence-electron chi connectivity index (χ3n) is 4.01. The highest BCUT2D eigenvalue weighted by Crippen LogP contribution is 2.23. The predicted molar refractivity (Wildman–Crippen MR) is 98.0 cm³/mol. The summed E-state index contributed by atoms with van der Waals surface area (Å²) < 4.78 is 7.82. The number of amides is 1. The molecule has 0 atom stereocenters. The van der Waals surface area contributed by atoms with E-state index in [4.69, 9.17) is 9.84 Å². The number of carbonyl (C=O) groups is 2. The Kier molecular flexibility index (Phi) is 5.53. The number of nitrogens with zero attached hydrogens (tertiary/aromatic N) is 1. The number of carboxylic acid groups (broad SMARTS) is 1. The maximum Gasteiger partial charge on any atom is 0.322 e. The molecule has 134 valence electrons. The molecule has 3 aromatic rings. The van der Waals surface area contributed by atoms with Crippen molar-refractivity contribution in [3.8, 4) is 5.75 Å². The van der Waals surface area contributed by atoms with Crippen LogP contribution in [0.1, 0.15) is 12.0 Å². The second-order valence-corrected chi connectivity index (χ2v) is 5.92. The number of benzene rings is 2. The quantitative estimate of drug-likeness (QED) is 0.653. The van der Waals surface area contributed by atoms with Gasteiger partial charge in [0.25, 0.3) is 0 Å². The average Bonchev–Trinajstić information content (AvgIpc) is 3.06. The van der Waals surface area contributed by atoms with E-state index in [9.17, 15) is 9.59 Å². The van der Waals surface area contributed by atoms with Crippen molar-refractivity contribution in [2.45, 2.75) is 19.6 Å². The number of hydrogen-bond donors (Lipinski definition) is 2. The fraction of sp³-hybridized carbons (Fsp3) is 0.200. The molecule has 2 N–H and O–H groups in total. The minimum atomic E-state index is -1.05. The van der Waals surface area contributed by atoms with Crippen LogP contribution in [0.15, 0.2) is 60.8 Å². The fourth-order valence-corrected chi connectivity index (χ4v) is 2.67. The standard InChI is InChI=1S/C20H20N2O4/c23-19(21-13-20(24)25)9-11-22-10-8-16-6-7-17(12-18(16)22)26-14-15-4-2-1-3-5-15/h1-8,10,12H,9,11,13-14H2,(H,21,23)(H,24,25). The molecule has 6 nitrogen and oxygen atoms in total. The van der Waals surface area contributed by atoms with Gasteiger partial charge in [-0.05, 0) is 29.1 Å². The Hall–Kier alpha value is -3.28. The Morgan fingerprint density at radius 2 is 1.88 bits per heavy atom. The van der Waals surface area contributed by atoms with E-state index in [-0.39, 0.29) is 18.9 Å². The fourth-order valence-electron chi connectivity index (χ4n) is 2.67. The van der Waals surface area contributed by atoms with Crippen LogP contribution in [0.25, 0.3) is 10.9 Å². The zero-order chi connectivity index (χ0) is 18.4. The number of hydrogen-bond acceptors (Lipinski definition) is 3. The van der Waals surface area contributed by atoms with Crippen molar-refractivity contribution in [2.75, 3.05) is 6.54 Å². The summed E-state index contributed by atoms with van der Waals surface area (Å²) in [6.07, 6.45) is 2.13. The number of carboxylic acids is 1. The summed E-state index contributed by atoms with van der Waals surface area (Å²) in [6, 6.07) is 17.8. The van der Waals surface area contributed by atoms with Crippen molar-refractivity contribution < 1.29 is 19.4 Å². The molecule has 3 rings (SSSR count). The first-order chi connectivity index (χ1) is 12.6. The van der Waals surface area contributed by atoms with Crippen molar-refractivity contribution in [2.24, 2.45) is 0 Å². The molecule has 1 amide bonds. The number of rotatable bonds is 8. The number of aromatic nitrogens is 1. The molecule has 0 bridgehead atoms. The Morgan fingerprint density at radius 1 is 1.08 bits per heavy atom. The van der Waals surface area contributed by atoms with E-state index in [1.165, 1.54) is 0 Å². The van der Waals surface area contributed by atoms with Crippen molar-refractivity contribution in [1.29, 1.82) is 0 Å². The van der Waals surface area contributed by atoms with Crippen LogP contribution in [-0.4, -0.2) is 28.1 Å². The molecular formula is C20H20N2O4. The number of ether oxygens (including phenoxy) is 1. The van der Waals surface area contributed by atoms with Gasteiger partial charge in [-0.15, -0.1) is 0 Å². The van der Waals surface area contributed by atoms with Crippen LogP contribution in [0, 0.1) is 0 Å². The molecule has 26 heavy (non-hydrogen) atoms. The van der Waals surface area contributed by atoms with Crippen molar-refractivity contribution in [3.63, 3.8) is 0 Å². The Morgan fingerprint density at radius 3 is 2.65 bits per heavy atom. The number of aliphatic carboxylic acids is 1. The predicted octanol–water partition coefficient (Wildman–Crippen LogP) is 2.81. The van der Waals surface area contributed by atoms with Gasteiger partial charge in [0.1, 0.15) is 18.9 Å². The normalized spacial score (nSPS) is 10.6. The van der Waals surface area contributed by atoms with Gasteiger partial charge in [-0.2, -0.15) is 0 Å². The molecule has 0 fully saturated rings. The summed E-state index contributed by atoms with van der Waals surface area (Å²) in [4.78, 5) is 22.2. The van der Waals surface area contributed by atoms with E-state index in [0.717, 1.165) is 22.2 Å². The van der Waals surface area contributed by atoms with Gasteiger partial charge in [-0.3, -0.25) is 9.59 Å². The Balaban J connectivity index is 1.64. The Labute approximate surface area is 151 Å². The molecule has 0 saturated carbocycles. The van der Waals surface area contributed by atoms with Crippen LogP contribution >= 0.6 is 0 Å². The van der Waals surface area contributed by atoms with Gasteiger partial charge >= 0.3 is 5.97 Å². The number of carbonyl (C=O) groups excluding carboxylic acids is 1. The van der Waals surface area contributed by atoms with Crippen molar-refractivity contribution in [1.82, 2.24) is 9.88 Å². The Bertz CT molecular complexity index is 903. The third-order valence-corrected chi connectivity index (χ3v) is 4.01. The first-order valence-corrected chi connectivity index (χ1v) is 8.36. The highest BCUT2D eigenvalue weighted by Gasteiger charge is 2.07. The van der Waals surface area contributed by atoms with E-state index < -0.39 is 5.97 Å². The van der Waals surface area contributed by atoms with Crippen molar-refractivity contribution >= 4 is 22.8 Å².